The molecule has 7 heteroatoms. The van der Waals surface area contributed by atoms with E-state index in [2.05, 4.69) is 15.2 Å². The Kier molecular flexibility index (Phi) is 6.19. The van der Waals surface area contributed by atoms with Crippen LogP contribution in [-0.4, -0.2) is 40.6 Å². The van der Waals surface area contributed by atoms with Gasteiger partial charge < -0.3 is 10.1 Å². The van der Waals surface area contributed by atoms with Crippen LogP contribution in [-0.2, 0) is 27.8 Å². The Bertz CT molecular complexity index is 1010. The van der Waals surface area contributed by atoms with Gasteiger partial charge in [-0.15, -0.1) is 0 Å². The minimum absolute atomic E-state index is 0.168. The largest absolute Gasteiger partial charge is 0.463 e. The predicted octanol–water partition coefficient (Wildman–Crippen LogP) is 2.17. The molecule has 1 heterocycles. The molecular formula is C22H21N3O4. The fourth-order valence-electron chi connectivity index (χ4n) is 3.00. The molecule has 1 aromatic heterocycles. The molecule has 3 rings (SSSR count). The Hall–Kier alpha value is -3.74. The number of hydrogen-bond acceptors (Lipinski definition) is 5. The molecule has 0 bridgehead atoms. The second-order valence-corrected chi connectivity index (χ2v) is 6.50. The Labute approximate surface area is 168 Å². The Balaban J connectivity index is 1.89. The molecule has 148 valence electrons. The van der Waals surface area contributed by atoms with Gasteiger partial charge in [0.25, 0.3) is 11.7 Å². The molecule has 1 N–H and O–H groups in total. The molecule has 0 spiro atoms. The molecule has 0 radical (unpaired) electrons. The van der Waals surface area contributed by atoms with E-state index in [9.17, 15) is 14.4 Å². The summed E-state index contributed by atoms with van der Waals surface area (Å²) < 4.78 is 6.09. The fourth-order valence-corrected chi connectivity index (χ4v) is 3.00. The number of aromatic nitrogens is 2. The number of carbonyl (C=O) groups is 3. The highest BCUT2D eigenvalue weighted by Gasteiger charge is 2.29. The van der Waals surface area contributed by atoms with Gasteiger partial charge in [0.2, 0.25) is 0 Å². The van der Waals surface area contributed by atoms with Crippen molar-refractivity contribution >= 4 is 17.7 Å². The Morgan fingerprint density at radius 1 is 1.03 bits per heavy atom. The summed E-state index contributed by atoms with van der Waals surface area (Å²) in [5, 5.41) is 7.05. The molecular weight excluding hydrogens is 370 g/mol. The Morgan fingerprint density at radius 3 is 2.28 bits per heavy atom. The van der Waals surface area contributed by atoms with Crippen molar-refractivity contribution < 1.29 is 19.1 Å². The molecule has 0 saturated carbocycles. The van der Waals surface area contributed by atoms with Gasteiger partial charge in [0.15, 0.2) is 0 Å². The summed E-state index contributed by atoms with van der Waals surface area (Å²) in [6.45, 7) is 0. The van der Waals surface area contributed by atoms with Crippen molar-refractivity contribution in [2.45, 2.75) is 12.5 Å². The summed E-state index contributed by atoms with van der Waals surface area (Å²) in [7, 11) is 2.85. The Morgan fingerprint density at radius 2 is 1.66 bits per heavy atom. The van der Waals surface area contributed by atoms with Crippen LogP contribution in [0.5, 0.6) is 0 Å². The minimum Gasteiger partial charge on any atom is -0.463 e. The second-order valence-electron chi connectivity index (χ2n) is 6.50. The molecule has 0 aliphatic rings. The number of ketones is 1. The van der Waals surface area contributed by atoms with Crippen molar-refractivity contribution in [1.29, 1.82) is 0 Å². The van der Waals surface area contributed by atoms with Crippen LogP contribution in [0.4, 0.5) is 0 Å². The first-order valence-corrected chi connectivity index (χ1v) is 9.05. The van der Waals surface area contributed by atoms with E-state index >= 15 is 0 Å². The van der Waals surface area contributed by atoms with Crippen molar-refractivity contribution in [3.8, 4) is 11.3 Å². The normalized spacial score (nSPS) is 11.5. The van der Waals surface area contributed by atoms with E-state index < -0.39 is 23.7 Å². The van der Waals surface area contributed by atoms with Gasteiger partial charge in [-0.25, -0.2) is 4.79 Å². The maximum Gasteiger partial charge on any atom is 0.376 e. The minimum atomic E-state index is -1.05. The standard InChI is InChI=1S/C22H21N3O4/c1-25-14-17(19(24-25)16-11-7-4-8-12-16)21(27)23-18(20(26)22(28)29-2)13-15-9-5-3-6-10-15/h3-12,14,18H,13H2,1-2H3,(H,23,27). The smallest absolute Gasteiger partial charge is 0.376 e. The number of rotatable bonds is 7. The molecule has 0 fully saturated rings. The number of benzene rings is 2. The van der Waals surface area contributed by atoms with Crippen molar-refractivity contribution in [1.82, 2.24) is 15.1 Å². The quantitative estimate of drug-likeness (QED) is 0.492. The highest BCUT2D eigenvalue weighted by atomic mass is 16.5. The summed E-state index contributed by atoms with van der Waals surface area (Å²) in [6.07, 6.45) is 1.75. The van der Waals surface area contributed by atoms with Crippen molar-refractivity contribution in [2.24, 2.45) is 7.05 Å². The molecule has 2 aromatic carbocycles. The van der Waals surface area contributed by atoms with Crippen LogP contribution in [0.2, 0.25) is 0 Å². The zero-order valence-electron chi connectivity index (χ0n) is 16.2. The van der Waals surface area contributed by atoms with Crippen LogP contribution < -0.4 is 5.32 Å². The van der Waals surface area contributed by atoms with Gasteiger partial charge in [-0.05, 0) is 5.56 Å². The fraction of sp³-hybridized carbons (Fsp3) is 0.182. The van der Waals surface area contributed by atoms with Gasteiger partial charge in [-0.1, -0.05) is 60.7 Å². The third kappa shape index (κ3) is 4.76. The number of nitrogens with one attached hydrogen (secondary N) is 1. The van der Waals surface area contributed by atoms with Crippen LogP contribution in [0, 0.1) is 0 Å². The maximum atomic E-state index is 13.0. The first-order valence-electron chi connectivity index (χ1n) is 9.05. The van der Waals surface area contributed by atoms with Gasteiger partial charge in [0, 0.05) is 25.2 Å². The van der Waals surface area contributed by atoms with E-state index in [1.165, 1.54) is 4.68 Å². The summed E-state index contributed by atoms with van der Waals surface area (Å²) in [6, 6.07) is 17.4. The van der Waals surface area contributed by atoms with Crippen LogP contribution >= 0.6 is 0 Å². The molecule has 0 saturated heterocycles. The second kappa shape index (κ2) is 8.97. The third-order valence-corrected chi connectivity index (χ3v) is 4.41. The summed E-state index contributed by atoms with van der Waals surface area (Å²) >= 11 is 0. The van der Waals surface area contributed by atoms with E-state index in [0.29, 0.717) is 11.3 Å². The van der Waals surface area contributed by atoms with Gasteiger partial charge >= 0.3 is 5.97 Å². The van der Waals surface area contributed by atoms with Crippen molar-refractivity contribution in [3.63, 3.8) is 0 Å². The lowest BCUT2D eigenvalue weighted by atomic mass is 10.0. The maximum absolute atomic E-state index is 13.0. The van der Waals surface area contributed by atoms with Gasteiger partial charge in [0.05, 0.1) is 12.7 Å². The van der Waals surface area contributed by atoms with E-state index in [0.717, 1.165) is 18.2 Å². The van der Waals surface area contributed by atoms with Gasteiger partial charge in [-0.3, -0.25) is 14.3 Å². The number of Topliss-reactive ketones (excluding diaryl/α,β-unsaturated/α-hetero) is 1. The molecule has 1 amide bonds. The lowest BCUT2D eigenvalue weighted by Gasteiger charge is -2.16. The first kappa shape index (κ1) is 20.0. The molecule has 0 aliphatic heterocycles. The van der Waals surface area contributed by atoms with Crippen LogP contribution in [0.1, 0.15) is 15.9 Å². The van der Waals surface area contributed by atoms with E-state index in [1.54, 1.807) is 13.2 Å². The molecule has 1 atom stereocenters. The van der Waals surface area contributed by atoms with E-state index in [4.69, 9.17) is 0 Å². The average Bonchev–Trinajstić information content (AvgIpc) is 3.15. The topological polar surface area (TPSA) is 90.3 Å². The number of hydrogen-bond donors (Lipinski definition) is 1. The van der Waals surface area contributed by atoms with Crippen molar-refractivity contribution in [2.75, 3.05) is 7.11 Å². The predicted molar refractivity (Wildman–Crippen MR) is 107 cm³/mol. The number of methoxy groups -OCH3 is 1. The summed E-state index contributed by atoms with van der Waals surface area (Å²) in [4.78, 5) is 37.3. The van der Waals surface area contributed by atoms with E-state index in [1.807, 2.05) is 60.7 Å². The molecule has 3 aromatic rings. The van der Waals surface area contributed by atoms with Crippen LogP contribution in [0.15, 0.2) is 66.9 Å². The number of carbonyl (C=O) groups excluding carboxylic acids is 3. The van der Waals surface area contributed by atoms with Crippen LogP contribution in [0.3, 0.4) is 0 Å². The SMILES string of the molecule is COC(=O)C(=O)C(Cc1ccccc1)NC(=O)c1cn(C)nc1-c1ccccc1. The number of amides is 1. The zero-order valence-corrected chi connectivity index (χ0v) is 16.2. The highest BCUT2D eigenvalue weighted by Crippen LogP contribution is 2.21. The van der Waals surface area contributed by atoms with Crippen molar-refractivity contribution in [3.05, 3.63) is 78.0 Å². The first-order chi connectivity index (χ1) is 14.0. The molecule has 7 nitrogen and oxygen atoms in total. The van der Waals surface area contributed by atoms with Gasteiger partial charge in [-0.2, -0.15) is 5.10 Å². The summed E-state index contributed by atoms with van der Waals surface area (Å²) in [5.74, 6) is -2.30. The summed E-state index contributed by atoms with van der Waals surface area (Å²) in [5.41, 5.74) is 2.39. The van der Waals surface area contributed by atoms with E-state index in [-0.39, 0.29) is 6.42 Å². The average molecular weight is 391 g/mol. The molecule has 29 heavy (non-hydrogen) atoms. The monoisotopic (exact) mass is 391 g/mol. The lowest BCUT2D eigenvalue weighted by molar-refractivity contribution is -0.152. The van der Waals surface area contributed by atoms with Gasteiger partial charge in [0.1, 0.15) is 11.7 Å². The third-order valence-electron chi connectivity index (χ3n) is 4.41. The number of ether oxygens (including phenoxy) is 1. The molecule has 1 unspecified atom stereocenters. The highest BCUT2D eigenvalue weighted by molar-refractivity contribution is 6.36. The van der Waals surface area contributed by atoms with Crippen LogP contribution in [0.25, 0.3) is 11.3 Å². The number of nitrogens with zero attached hydrogens (tertiary/aromatic N) is 2. The number of esters is 1. The lowest BCUT2D eigenvalue weighted by Crippen LogP contribution is -2.45. The molecule has 0 aliphatic carbocycles. The zero-order chi connectivity index (χ0) is 20.8. The number of aryl methyl sites for hydroxylation is 1.